The van der Waals surface area contributed by atoms with Gasteiger partial charge in [-0.25, -0.2) is 8.42 Å². The molecule has 0 atom stereocenters. The number of carbonyl (C=O) groups excluding carboxylic acids is 1. The van der Waals surface area contributed by atoms with Gasteiger partial charge in [-0.2, -0.15) is 4.72 Å². The Kier molecular flexibility index (Phi) is 6.80. The quantitative estimate of drug-likeness (QED) is 0.652. The van der Waals surface area contributed by atoms with Gasteiger partial charge in [0.2, 0.25) is 10.0 Å². The second-order valence-electron chi connectivity index (χ2n) is 5.19. The molecule has 8 heteroatoms. The highest BCUT2D eigenvalue weighted by molar-refractivity contribution is 9.10. The van der Waals surface area contributed by atoms with E-state index in [0.717, 1.165) is 10.0 Å². The summed E-state index contributed by atoms with van der Waals surface area (Å²) >= 11 is 3.38. The number of nitrogens with one attached hydrogen (secondary N) is 2. The summed E-state index contributed by atoms with van der Waals surface area (Å²) < 4.78 is 32.3. The predicted molar refractivity (Wildman–Crippen MR) is 102 cm³/mol. The number of hydrogen-bond acceptors (Lipinski definition) is 4. The molecule has 0 saturated heterocycles. The number of amides is 1. The molecule has 0 aromatic heterocycles. The van der Waals surface area contributed by atoms with Gasteiger partial charge in [0.1, 0.15) is 5.75 Å². The molecule has 0 spiro atoms. The van der Waals surface area contributed by atoms with Crippen LogP contribution in [0, 0.1) is 12.3 Å². The van der Waals surface area contributed by atoms with Crippen LogP contribution in [0.25, 0.3) is 0 Å². The van der Waals surface area contributed by atoms with E-state index in [1.165, 1.54) is 24.3 Å². The molecule has 26 heavy (non-hydrogen) atoms. The molecule has 2 aromatic rings. The third-order valence-corrected chi connectivity index (χ3v) is 5.38. The summed E-state index contributed by atoms with van der Waals surface area (Å²) in [5.74, 6) is 2.54. The van der Waals surface area contributed by atoms with Crippen LogP contribution < -0.4 is 14.8 Å². The molecule has 6 nitrogen and oxygen atoms in total. The maximum atomic E-state index is 12.3. The monoisotopic (exact) mass is 436 g/mol. The molecule has 1 amide bonds. The van der Waals surface area contributed by atoms with Gasteiger partial charge >= 0.3 is 0 Å². The van der Waals surface area contributed by atoms with Crippen molar-refractivity contribution in [1.82, 2.24) is 10.0 Å². The summed E-state index contributed by atoms with van der Waals surface area (Å²) in [4.78, 5) is 12.3. The lowest BCUT2D eigenvalue weighted by molar-refractivity contribution is 0.0950. The lowest BCUT2D eigenvalue weighted by Gasteiger charge is -2.11. The van der Waals surface area contributed by atoms with Crippen molar-refractivity contribution in [3.05, 3.63) is 58.1 Å². The first kappa shape index (κ1) is 20.0. The lowest BCUT2D eigenvalue weighted by Crippen LogP contribution is -2.25. The highest BCUT2D eigenvalue weighted by atomic mass is 79.9. The number of methoxy groups -OCH3 is 1. The standard InChI is InChI=1S/C18H17BrN2O4S/c1-3-10-21-26(23,24)16-7-4-13(5-8-16)18(22)20-12-14-11-15(19)6-9-17(14)25-2/h1,4-9,11,21H,10,12H2,2H3,(H,20,22). The van der Waals surface area contributed by atoms with Crippen LogP contribution in [0.15, 0.2) is 51.8 Å². The fourth-order valence-corrected chi connectivity index (χ4v) is 3.51. The van der Waals surface area contributed by atoms with Crippen LogP contribution in [0.4, 0.5) is 0 Å². The number of rotatable bonds is 7. The van der Waals surface area contributed by atoms with Gasteiger partial charge < -0.3 is 10.1 Å². The highest BCUT2D eigenvalue weighted by Crippen LogP contribution is 2.22. The van der Waals surface area contributed by atoms with Crippen LogP contribution in [0.1, 0.15) is 15.9 Å². The third kappa shape index (κ3) is 5.08. The molecule has 2 N–H and O–H groups in total. The normalized spacial score (nSPS) is 10.8. The molecule has 2 rings (SSSR count). The SMILES string of the molecule is C#CCNS(=O)(=O)c1ccc(C(=O)NCc2cc(Br)ccc2OC)cc1. The highest BCUT2D eigenvalue weighted by Gasteiger charge is 2.14. The van der Waals surface area contributed by atoms with Gasteiger partial charge in [0, 0.05) is 22.1 Å². The Bertz CT molecular complexity index is 935. The van der Waals surface area contributed by atoms with Gasteiger partial charge in [-0.05, 0) is 42.5 Å². The largest absolute Gasteiger partial charge is 0.496 e. The zero-order valence-electron chi connectivity index (χ0n) is 14.0. The van der Waals surface area contributed by atoms with Gasteiger partial charge in [0.25, 0.3) is 5.91 Å². The lowest BCUT2D eigenvalue weighted by atomic mass is 10.1. The number of hydrogen-bond donors (Lipinski definition) is 2. The van der Waals surface area contributed by atoms with Crippen LogP contribution in [0.5, 0.6) is 5.75 Å². The Morgan fingerprint density at radius 1 is 1.23 bits per heavy atom. The van der Waals surface area contributed by atoms with E-state index < -0.39 is 10.0 Å². The molecule has 0 unspecified atom stereocenters. The van der Waals surface area contributed by atoms with E-state index in [1.807, 2.05) is 12.1 Å². The van der Waals surface area contributed by atoms with E-state index in [-0.39, 0.29) is 23.9 Å². The smallest absolute Gasteiger partial charge is 0.251 e. The minimum Gasteiger partial charge on any atom is -0.496 e. The van der Waals surface area contributed by atoms with Crippen molar-refractivity contribution in [1.29, 1.82) is 0 Å². The molecular weight excluding hydrogens is 420 g/mol. The average molecular weight is 437 g/mol. The van der Waals surface area contributed by atoms with E-state index in [0.29, 0.717) is 11.3 Å². The summed E-state index contributed by atoms with van der Waals surface area (Å²) in [6.45, 7) is 0.171. The van der Waals surface area contributed by atoms with Gasteiger partial charge in [-0.1, -0.05) is 21.9 Å². The molecular formula is C18H17BrN2O4S. The number of terminal acetylenes is 1. The molecule has 0 aliphatic heterocycles. The molecule has 0 saturated carbocycles. The van der Waals surface area contributed by atoms with Gasteiger partial charge in [-0.15, -0.1) is 6.42 Å². The number of ether oxygens (including phenoxy) is 1. The van der Waals surface area contributed by atoms with E-state index in [9.17, 15) is 13.2 Å². The second-order valence-corrected chi connectivity index (χ2v) is 7.87. The number of halogens is 1. The van der Waals surface area contributed by atoms with E-state index >= 15 is 0 Å². The minimum atomic E-state index is -3.68. The average Bonchev–Trinajstić information content (AvgIpc) is 2.64. The maximum absolute atomic E-state index is 12.3. The second kappa shape index (κ2) is 8.85. The van der Waals surface area contributed by atoms with Crippen molar-refractivity contribution < 1.29 is 17.9 Å². The molecule has 136 valence electrons. The Labute approximate surface area is 161 Å². The van der Waals surface area contributed by atoms with E-state index in [4.69, 9.17) is 11.2 Å². The fraction of sp³-hybridized carbons (Fsp3) is 0.167. The Morgan fingerprint density at radius 3 is 2.54 bits per heavy atom. The molecule has 0 heterocycles. The summed E-state index contributed by atoms with van der Waals surface area (Å²) in [6.07, 6.45) is 5.05. The first-order valence-corrected chi connectivity index (χ1v) is 9.79. The van der Waals surface area contributed by atoms with Gasteiger partial charge in [0.05, 0.1) is 18.6 Å². The van der Waals surface area contributed by atoms with Crippen LogP contribution in [-0.4, -0.2) is 28.0 Å². The summed E-state index contributed by atoms with van der Waals surface area (Å²) in [5, 5.41) is 2.78. The predicted octanol–water partition coefficient (Wildman–Crippen LogP) is 2.30. The molecule has 2 aromatic carbocycles. The summed E-state index contributed by atoms with van der Waals surface area (Å²) in [6, 6.07) is 11.1. The first-order chi connectivity index (χ1) is 12.4. The Morgan fingerprint density at radius 2 is 1.92 bits per heavy atom. The molecule has 0 aliphatic carbocycles. The molecule has 0 bridgehead atoms. The van der Waals surface area contributed by atoms with Crippen LogP contribution >= 0.6 is 15.9 Å². The first-order valence-electron chi connectivity index (χ1n) is 7.51. The van der Waals surface area contributed by atoms with Crippen molar-refractivity contribution >= 4 is 31.9 Å². The number of carbonyl (C=O) groups is 1. The zero-order chi connectivity index (χ0) is 19.2. The van der Waals surface area contributed by atoms with Crippen LogP contribution in [0.3, 0.4) is 0 Å². The molecule has 0 aliphatic rings. The van der Waals surface area contributed by atoms with Crippen LogP contribution in [-0.2, 0) is 16.6 Å². The van der Waals surface area contributed by atoms with Crippen LogP contribution in [0.2, 0.25) is 0 Å². The molecule has 0 fully saturated rings. The summed E-state index contributed by atoms with van der Waals surface area (Å²) in [7, 11) is -2.12. The van der Waals surface area contributed by atoms with Gasteiger partial charge in [-0.3, -0.25) is 4.79 Å². The van der Waals surface area contributed by atoms with Gasteiger partial charge in [0.15, 0.2) is 0 Å². The minimum absolute atomic E-state index is 0.0398. The van der Waals surface area contributed by atoms with Crippen molar-refractivity contribution in [2.75, 3.05) is 13.7 Å². The fourth-order valence-electron chi connectivity index (χ4n) is 2.17. The Hall–Kier alpha value is -2.34. The van der Waals surface area contributed by atoms with Crippen molar-refractivity contribution in [2.24, 2.45) is 0 Å². The zero-order valence-corrected chi connectivity index (χ0v) is 16.4. The Balaban J connectivity index is 2.07. The topological polar surface area (TPSA) is 84.5 Å². The van der Waals surface area contributed by atoms with E-state index in [1.54, 1.807) is 13.2 Å². The van der Waals surface area contributed by atoms with Crippen molar-refractivity contribution in [2.45, 2.75) is 11.4 Å². The molecule has 0 radical (unpaired) electrons. The number of sulfonamides is 1. The summed E-state index contributed by atoms with van der Waals surface area (Å²) in [5.41, 5.74) is 1.16. The number of benzene rings is 2. The maximum Gasteiger partial charge on any atom is 0.251 e. The van der Waals surface area contributed by atoms with E-state index in [2.05, 4.69) is 31.9 Å². The van der Waals surface area contributed by atoms with Crippen molar-refractivity contribution in [3.63, 3.8) is 0 Å². The van der Waals surface area contributed by atoms with Crippen molar-refractivity contribution in [3.8, 4) is 18.1 Å². The third-order valence-electron chi connectivity index (χ3n) is 3.47.